The SMILES string of the molecule is c1ccc(-c2nc(-c3ccccc3)nc(-c3cccc(-c4nn(-c5ccccc5)c5ccc6ccccc6c45)c3)n2)cc1. The van der Waals surface area contributed by atoms with Crippen molar-refractivity contribution >= 4 is 21.7 Å². The zero-order chi connectivity index (χ0) is 28.6. The van der Waals surface area contributed by atoms with E-state index in [1.807, 2.05) is 83.5 Å². The minimum Gasteiger partial charge on any atom is -0.232 e. The lowest BCUT2D eigenvalue weighted by Gasteiger charge is -2.09. The summed E-state index contributed by atoms with van der Waals surface area (Å²) in [6.45, 7) is 0. The van der Waals surface area contributed by atoms with E-state index in [4.69, 9.17) is 20.1 Å². The van der Waals surface area contributed by atoms with E-state index in [9.17, 15) is 0 Å². The van der Waals surface area contributed by atoms with E-state index in [1.165, 1.54) is 10.8 Å². The minimum atomic E-state index is 0.617. The number of aromatic nitrogens is 5. The number of hydrogen-bond acceptors (Lipinski definition) is 4. The molecule has 202 valence electrons. The van der Waals surface area contributed by atoms with E-state index in [0.717, 1.165) is 44.5 Å². The third-order valence-electron chi connectivity index (χ3n) is 7.67. The highest BCUT2D eigenvalue weighted by Gasteiger charge is 2.18. The zero-order valence-corrected chi connectivity index (χ0v) is 23.2. The molecule has 2 aromatic heterocycles. The number of benzene rings is 6. The van der Waals surface area contributed by atoms with E-state index in [1.54, 1.807) is 0 Å². The highest BCUT2D eigenvalue weighted by atomic mass is 15.3. The first-order valence-corrected chi connectivity index (χ1v) is 14.3. The van der Waals surface area contributed by atoms with Gasteiger partial charge in [-0.3, -0.25) is 0 Å². The van der Waals surface area contributed by atoms with Crippen molar-refractivity contribution in [3.63, 3.8) is 0 Å². The summed E-state index contributed by atoms with van der Waals surface area (Å²) < 4.78 is 2.04. The fourth-order valence-electron chi connectivity index (χ4n) is 5.60. The predicted molar refractivity (Wildman–Crippen MR) is 174 cm³/mol. The summed E-state index contributed by atoms with van der Waals surface area (Å²) in [4.78, 5) is 14.8. The summed E-state index contributed by atoms with van der Waals surface area (Å²) in [6, 6.07) is 51.5. The van der Waals surface area contributed by atoms with Crippen molar-refractivity contribution in [2.24, 2.45) is 0 Å². The Morgan fingerprint density at radius 3 is 1.63 bits per heavy atom. The van der Waals surface area contributed by atoms with Gasteiger partial charge in [-0.05, 0) is 35.0 Å². The van der Waals surface area contributed by atoms with Crippen molar-refractivity contribution in [2.45, 2.75) is 0 Å². The molecule has 0 aliphatic carbocycles. The predicted octanol–water partition coefficient (Wildman–Crippen LogP) is 9.03. The van der Waals surface area contributed by atoms with Gasteiger partial charge in [0.1, 0.15) is 5.69 Å². The van der Waals surface area contributed by atoms with Crippen LogP contribution in [0.1, 0.15) is 0 Å². The van der Waals surface area contributed by atoms with E-state index >= 15 is 0 Å². The maximum atomic E-state index is 5.21. The Morgan fingerprint density at radius 2 is 0.953 bits per heavy atom. The number of fused-ring (bicyclic) bond motifs is 3. The molecule has 2 heterocycles. The molecule has 0 N–H and O–H groups in total. The first-order valence-electron chi connectivity index (χ1n) is 14.3. The fraction of sp³-hybridized carbons (Fsp3) is 0. The molecule has 0 unspecified atom stereocenters. The van der Waals surface area contributed by atoms with Crippen LogP contribution >= 0.6 is 0 Å². The molecule has 0 amide bonds. The van der Waals surface area contributed by atoms with Crippen molar-refractivity contribution < 1.29 is 0 Å². The van der Waals surface area contributed by atoms with Gasteiger partial charge in [0.25, 0.3) is 0 Å². The maximum absolute atomic E-state index is 5.21. The van der Waals surface area contributed by atoms with Crippen LogP contribution in [0, 0.1) is 0 Å². The molecule has 43 heavy (non-hydrogen) atoms. The average Bonchev–Trinajstić information content (AvgIpc) is 3.50. The van der Waals surface area contributed by atoms with Crippen LogP contribution < -0.4 is 0 Å². The number of rotatable bonds is 5. The summed E-state index contributed by atoms with van der Waals surface area (Å²) in [5, 5.41) is 8.67. The lowest BCUT2D eigenvalue weighted by Crippen LogP contribution is -2.00. The van der Waals surface area contributed by atoms with E-state index in [0.29, 0.717) is 17.5 Å². The van der Waals surface area contributed by atoms with Crippen molar-refractivity contribution in [2.75, 3.05) is 0 Å². The number of para-hydroxylation sites is 1. The van der Waals surface area contributed by atoms with Gasteiger partial charge in [0.2, 0.25) is 0 Å². The van der Waals surface area contributed by atoms with Crippen LogP contribution in [0.15, 0.2) is 152 Å². The first-order chi connectivity index (χ1) is 21.3. The number of hydrogen-bond donors (Lipinski definition) is 0. The molecular formula is C38H25N5. The second-order valence-corrected chi connectivity index (χ2v) is 10.4. The molecule has 8 rings (SSSR count). The summed E-state index contributed by atoms with van der Waals surface area (Å²) in [6.07, 6.45) is 0. The Bertz CT molecular complexity index is 2170. The second kappa shape index (κ2) is 10.5. The average molecular weight is 552 g/mol. The lowest BCUT2D eigenvalue weighted by molar-refractivity contribution is 0.915. The summed E-state index contributed by atoms with van der Waals surface area (Å²) in [7, 11) is 0. The first kappa shape index (κ1) is 24.8. The fourth-order valence-corrected chi connectivity index (χ4v) is 5.60. The Hall–Kier alpha value is -5.94. The lowest BCUT2D eigenvalue weighted by atomic mass is 10.00. The van der Waals surface area contributed by atoms with Crippen LogP contribution in [0.25, 0.3) is 72.8 Å². The maximum Gasteiger partial charge on any atom is 0.164 e. The minimum absolute atomic E-state index is 0.617. The Labute approximate surface area is 248 Å². The Morgan fingerprint density at radius 1 is 0.419 bits per heavy atom. The van der Waals surface area contributed by atoms with Gasteiger partial charge in [0.15, 0.2) is 17.5 Å². The van der Waals surface area contributed by atoms with Gasteiger partial charge >= 0.3 is 0 Å². The van der Waals surface area contributed by atoms with Gasteiger partial charge in [-0.15, -0.1) is 0 Å². The van der Waals surface area contributed by atoms with Gasteiger partial charge in [-0.1, -0.05) is 127 Å². The third kappa shape index (κ3) is 4.53. The van der Waals surface area contributed by atoms with Crippen molar-refractivity contribution in [1.29, 1.82) is 0 Å². The molecule has 5 heteroatoms. The van der Waals surface area contributed by atoms with Crippen LogP contribution in [0.3, 0.4) is 0 Å². The Kier molecular flexibility index (Phi) is 6.05. The van der Waals surface area contributed by atoms with Crippen LogP contribution in [-0.2, 0) is 0 Å². The van der Waals surface area contributed by atoms with Crippen LogP contribution in [0.2, 0.25) is 0 Å². The standard InChI is InChI=1S/C38H25N5/c1-4-14-27(15-5-1)36-39-37(28-16-6-2-7-17-28)41-38(40-36)30-19-12-18-29(25-30)35-34-32-22-11-10-13-26(32)23-24-33(34)43(42-35)31-20-8-3-9-21-31/h1-25H. The van der Waals surface area contributed by atoms with Crippen LogP contribution in [0.5, 0.6) is 0 Å². The summed E-state index contributed by atoms with van der Waals surface area (Å²) in [5.74, 6) is 1.89. The van der Waals surface area contributed by atoms with Crippen molar-refractivity contribution in [1.82, 2.24) is 24.7 Å². The molecule has 6 aromatic carbocycles. The highest BCUT2D eigenvalue weighted by molar-refractivity contribution is 6.13. The monoisotopic (exact) mass is 551 g/mol. The molecule has 8 aromatic rings. The summed E-state index contributed by atoms with van der Waals surface area (Å²) in [5.41, 5.74) is 6.77. The molecule has 0 atom stereocenters. The molecule has 0 saturated carbocycles. The summed E-state index contributed by atoms with van der Waals surface area (Å²) >= 11 is 0. The third-order valence-corrected chi connectivity index (χ3v) is 7.67. The Balaban J connectivity index is 1.34. The molecule has 0 radical (unpaired) electrons. The van der Waals surface area contributed by atoms with Crippen LogP contribution in [-0.4, -0.2) is 24.7 Å². The van der Waals surface area contributed by atoms with E-state index < -0.39 is 0 Å². The largest absolute Gasteiger partial charge is 0.232 e. The molecule has 0 saturated heterocycles. The molecule has 0 aliphatic heterocycles. The van der Waals surface area contributed by atoms with Gasteiger partial charge in [-0.25, -0.2) is 19.6 Å². The van der Waals surface area contributed by atoms with Gasteiger partial charge < -0.3 is 0 Å². The molecule has 5 nitrogen and oxygen atoms in total. The molecule has 0 aliphatic rings. The molecule has 0 spiro atoms. The molecule has 0 fully saturated rings. The van der Waals surface area contributed by atoms with Crippen molar-refractivity contribution in [3.8, 4) is 51.1 Å². The quantitative estimate of drug-likeness (QED) is 0.214. The zero-order valence-electron chi connectivity index (χ0n) is 23.2. The smallest absolute Gasteiger partial charge is 0.164 e. The van der Waals surface area contributed by atoms with Crippen molar-refractivity contribution in [3.05, 3.63) is 152 Å². The number of nitrogens with zero attached hydrogens (tertiary/aromatic N) is 5. The van der Waals surface area contributed by atoms with Crippen LogP contribution in [0.4, 0.5) is 0 Å². The normalized spacial score (nSPS) is 11.3. The van der Waals surface area contributed by atoms with Gasteiger partial charge in [-0.2, -0.15) is 5.10 Å². The highest BCUT2D eigenvalue weighted by Crippen LogP contribution is 2.36. The topological polar surface area (TPSA) is 56.5 Å². The van der Waals surface area contributed by atoms with E-state index in [2.05, 4.69) is 72.8 Å². The molecule has 0 bridgehead atoms. The molecular weight excluding hydrogens is 526 g/mol. The van der Waals surface area contributed by atoms with E-state index in [-0.39, 0.29) is 0 Å². The second-order valence-electron chi connectivity index (χ2n) is 10.4. The van der Waals surface area contributed by atoms with Gasteiger partial charge in [0.05, 0.1) is 11.2 Å². The van der Waals surface area contributed by atoms with Gasteiger partial charge in [0, 0.05) is 27.6 Å².